The van der Waals surface area contributed by atoms with Crippen LogP contribution in [0.25, 0.3) is 10.9 Å². The number of aryl methyl sites for hydroxylation is 1. The summed E-state index contributed by atoms with van der Waals surface area (Å²) in [5.41, 5.74) is 0.492. The number of amides is 1. The van der Waals surface area contributed by atoms with Crippen LogP contribution in [0.3, 0.4) is 0 Å². The number of nitrogens with zero attached hydrogens (tertiary/aromatic N) is 4. The number of rotatable bonds is 4. The van der Waals surface area contributed by atoms with Gasteiger partial charge >= 0.3 is 0 Å². The van der Waals surface area contributed by atoms with Crippen molar-refractivity contribution in [2.75, 3.05) is 5.32 Å². The van der Waals surface area contributed by atoms with E-state index in [1.165, 1.54) is 27.7 Å². The predicted octanol–water partition coefficient (Wildman–Crippen LogP) is 2.21. The highest BCUT2D eigenvalue weighted by Gasteiger charge is 2.19. The van der Waals surface area contributed by atoms with E-state index in [9.17, 15) is 9.59 Å². The molecule has 1 atom stereocenters. The van der Waals surface area contributed by atoms with Crippen LogP contribution in [0, 0.1) is 6.92 Å². The Morgan fingerprint density at radius 1 is 1.33 bits per heavy atom. The molecule has 7 nitrogen and oxygen atoms in total. The van der Waals surface area contributed by atoms with Crippen molar-refractivity contribution < 1.29 is 4.79 Å². The number of hydrogen-bond acceptors (Lipinski definition) is 7. The molecule has 2 aromatic heterocycles. The smallest absolute Gasteiger partial charge is 0.261 e. The average Bonchev–Trinajstić information content (AvgIpc) is 2.97. The Kier molecular flexibility index (Phi) is 4.63. The van der Waals surface area contributed by atoms with Gasteiger partial charge in [0.05, 0.1) is 16.2 Å². The van der Waals surface area contributed by atoms with Gasteiger partial charge < -0.3 is 0 Å². The fourth-order valence-electron chi connectivity index (χ4n) is 2.07. The van der Waals surface area contributed by atoms with Crippen molar-refractivity contribution in [3.05, 3.63) is 39.6 Å². The Labute approximate surface area is 146 Å². The zero-order chi connectivity index (χ0) is 17.3. The summed E-state index contributed by atoms with van der Waals surface area (Å²) < 4.78 is 1.46. The van der Waals surface area contributed by atoms with E-state index >= 15 is 0 Å². The molecule has 1 unspecified atom stereocenters. The molecule has 0 fully saturated rings. The molecule has 2 heterocycles. The number of fused-ring (bicyclic) bond motifs is 1. The van der Waals surface area contributed by atoms with E-state index < -0.39 is 5.25 Å². The van der Waals surface area contributed by atoms with Gasteiger partial charge in [-0.3, -0.25) is 19.5 Å². The monoisotopic (exact) mass is 361 g/mol. The van der Waals surface area contributed by atoms with Crippen molar-refractivity contribution >= 4 is 45.0 Å². The first-order chi connectivity index (χ1) is 11.5. The number of carbonyl (C=O) groups excluding carboxylic acids is 1. The number of benzene rings is 1. The number of carbonyl (C=O) groups is 1. The van der Waals surface area contributed by atoms with E-state index in [1.54, 1.807) is 32.2 Å². The number of thioether (sulfide) groups is 1. The predicted molar refractivity (Wildman–Crippen MR) is 95.6 cm³/mol. The van der Waals surface area contributed by atoms with Crippen LogP contribution in [-0.2, 0) is 11.8 Å². The highest BCUT2D eigenvalue weighted by Crippen LogP contribution is 2.23. The largest absolute Gasteiger partial charge is 0.300 e. The highest BCUT2D eigenvalue weighted by molar-refractivity contribution is 8.00. The molecule has 3 aromatic rings. The van der Waals surface area contributed by atoms with E-state index in [-0.39, 0.29) is 11.5 Å². The second-order valence-corrected chi connectivity index (χ2v) is 7.64. The zero-order valence-electron chi connectivity index (χ0n) is 13.3. The van der Waals surface area contributed by atoms with E-state index in [2.05, 4.69) is 20.5 Å². The maximum atomic E-state index is 12.4. The lowest BCUT2D eigenvalue weighted by Crippen LogP contribution is -2.25. The molecule has 0 aliphatic rings. The molecule has 1 aromatic carbocycles. The van der Waals surface area contributed by atoms with Crippen LogP contribution in [0.2, 0.25) is 0 Å². The summed E-state index contributed by atoms with van der Waals surface area (Å²) in [4.78, 5) is 29.2. The van der Waals surface area contributed by atoms with Gasteiger partial charge in [0.15, 0.2) is 5.16 Å². The molecular formula is C15H15N5O2S2. The molecule has 0 bridgehead atoms. The van der Waals surface area contributed by atoms with Gasteiger partial charge in [-0.25, -0.2) is 4.98 Å². The lowest BCUT2D eigenvalue weighted by atomic mass is 10.2. The highest BCUT2D eigenvalue weighted by atomic mass is 32.2. The number of anilines is 1. The summed E-state index contributed by atoms with van der Waals surface area (Å²) in [6.07, 6.45) is 0. The molecule has 3 rings (SSSR count). The van der Waals surface area contributed by atoms with Crippen molar-refractivity contribution in [1.29, 1.82) is 0 Å². The first kappa shape index (κ1) is 16.6. The lowest BCUT2D eigenvalue weighted by molar-refractivity contribution is -0.115. The van der Waals surface area contributed by atoms with Gasteiger partial charge in [0.1, 0.15) is 5.01 Å². The molecule has 0 aliphatic heterocycles. The van der Waals surface area contributed by atoms with Gasteiger partial charge in [0.2, 0.25) is 11.0 Å². The third-order valence-electron chi connectivity index (χ3n) is 3.35. The summed E-state index contributed by atoms with van der Waals surface area (Å²) in [6.45, 7) is 3.58. The summed E-state index contributed by atoms with van der Waals surface area (Å²) in [5, 5.41) is 12.3. The van der Waals surface area contributed by atoms with E-state index in [1.807, 2.05) is 13.0 Å². The van der Waals surface area contributed by atoms with Crippen LogP contribution in [-0.4, -0.2) is 30.9 Å². The van der Waals surface area contributed by atoms with Crippen molar-refractivity contribution in [3.8, 4) is 0 Å². The fraction of sp³-hybridized carbons (Fsp3) is 0.267. The number of hydrogen-bond donors (Lipinski definition) is 1. The molecule has 0 saturated carbocycles. The molecule has 0 aliphatic carbocycles. The van der Waals surface area contributed by atoms with E-state index in [0.29, 0.717) is 21.2 Å². The SMILES string of the molecule is Cc1nnc(NC(=O)C(C)Sc2nc3ccccc3c(=O)n2C)s1. The van der Waals surface area contributed by atoms with Crippen LogP contribution < -0.4 is 10.9 Å². The van der Waals surface area contributed by atoms with Crippen molar-refractivity contribution in [2.24, 2.45) is 7.05 Å². The second kappa shape index (κ2) is 6.70. The van der Waals surface area contributed by atoms with Gasteiger partial charge in [-0.1, -0.05) is 35.2 Å². The molecule has 0 radical (unpaired) electrons. The second-order valence-electron chi connectivity index (χ2n) is 5.15. The summed E-state index contributed by atoms with van der Waals surface area (Å²) in [7, 11) is 1.66. The maximum Gasteiger partial charge on any atom is 0.261 e. The topological polar surface area (TPSA) is 89.8 Å². The Morgan fingerprint density at radius 2 is 2.08 bits per heavy atom. The quantitative estimate of drug-likeness (QED) is 0.566. The zero-order valence-corrected chi connectivity index (χ0v) is 14.9. The summed E-state index contributed by atoms with van der Waals surface area (Å²) >= 11 is 2.54. The molecule has 1 N–H and O–H groups in total. The van der Waals surface area contributed by atoms with Crippen LogP contribution in [0.15, 0.2) is 34.2 Å². The van der Waals surface area contributed by atoms with E-state index in [0.717, 1.165) is 5.01 Å². The minimum Gasteiger partial charge on any atom is -0.300 e. The number of aromatic nitrogens is 4. The molecule has 0 spiro atoms. The van der Waals surface area contributed by atoms with E-state index in [4.69, 9.17) is 0 Å². The third-order valence-corrected chi connectivity index (χ3v) is 5.25. The summed E-state index contributed by atoms with van der Waals surface area (Å²) in [5.74, 6) is -0.210. The number of nitrogens with one attached hydrogen (secondary N) is 1. The molecule has 9 heteroatoms. The van der Waals surface area contributed by atoms with Gasteiger partial charge in [-0.15, -0.1) is 10.2 Å². The normalized spacial score (nSPS) is 12.3. The molecule has 24 heavy (non-hydrogen) atoms. The first-order valence-corrected chi connectivity index (χ1v) is 8.88. The lowest BCUT2D eigenvalue weighted by Gasteiger charge is -2.13. The molecule has 0 saturated heterocycles. The van der Waals surface area contributed by atoms with Crippen LogP contribution in [0.4, 0.5) is 5.13 Å². The van der Waals surface area contributed by atoms with Crippen molar-refractivity contribution in [1.82, 2.24) is 19.7 Å². The van der Waals surface area contributed by atoms with Gasteiger partial charge in [0.25, 0.3) is 5.56 Å². The van der Waals surface area contributed by atoms with Crippen LogP contribution in [0.1, 0.15) is 11.9 Å². The minimum atomic E-state index is -0.437. The summed E-state index contributed by atoms with van der Waals surface area (Å²) in [6, 6.07) is 7.16. The van der Waals surface area contributed by atoms with Crippen LogP contribution in [0.5, 0.6) is 0 Å². The van der Waals surface area contributed by atoms with Gasteiger partial charge in [0, 0.05) is 7.05 Å². The Morgan fingerprint density at radius 3 is 2.79 bits per heavy atom. The Bertz CT molecular complexity index is 966. The standard InChI is InChI=1S/C15H15N5O2S2/c1-8(12(21)17-14-19-18-9(2)24-14)23-15-16-11-7-5-4-6-10(11)13(22)20(15)3/h4-8H,1-3H3,(H,17,19,21). The number of para-hydroxylation sites is 1. The third kappa shape index (κ3) is 3.31. The fourth-order valence-corrected chi connectivity index (χ4v) is 3.54. The van der Waals surface area contributed by atoms with Crippen molar-refractivity contribution in [3.63, 3.8) is 0 Å². The van der Waals surface area contributed by atoms with Crippen LogP contribution >= 0.6 is 23.1 Å². The Hall–Kier alpha value is -2.26. The molecule has 124 valence electrons. The average molecular weight is 361 g/mol. The first-order valence-electron chi connectivity index (χ1n) is 7.19. The van der Waals surface area contributed by atoms with Gasteiger partial charge in [-0.05, 0) is 26.0 Å². The molecule has 1 amide bonds. The Balaban J connectivity index is 1.82. The maximum absolute atomic E-state index is 12.4. The molecular weight excluding hydrogens is 346 g/mol. The minimum absolute atomic E-state index is 0.129. The van der Waals surface area contributed by atoms with Gasteiger partial charge in [-0.2, -0.15) is 0 Å². The van der Waals surface area contributed by atoms with Crippen molar-refractivity contribution in [2.45, 2.75) is 24.3 Å².